The maximum atomic E-state index is 12.1. The molecule has 0 atom stereocenters. The van der Waals surface area contributed by atoms with Crippen molar-refractivity contribution in [2.24, 2.45) is 0 Å². The zero-order valence-electron chi connectivity index (χ0n) is 19.3. The highest BCUT2D eigenvalue weighted by atomic mass is 32.2. The van der Waals surface area contributed by atoms with E-state index in [1.807, 2.05) is 66.1 Å². The highest BCUT2D eigenvalue weighted by Gasteiger charge is 2.16. The summed E-state index contributed by atoms with van der Waals surface area (Å²) in [5.74, 6) is 0.974. The van der Waals surface area contributed by atoms with Crippen LogP contribution in [0.25, 0.3) is 11.1 Å². The highest BCUT2D eigenvalue weighted by molar-refractivity contribution is 7.99. The topological polar surface area (TPSA) is 107 Å². The largest absolute Gasteiger partial charge is 0.485 e. The number of hydrogen-bond acceptors (Lipinski definition) is 7. The molecule has 3 amide bonds. The lowest BCUT2D eigenvalue weighted by Crippen LogP contribution is -2.40. The lowest BCUT2D eigenvalue weighted by molar-refractivity contribution is -0.117. The summed E-state index contributed by atoms with van der Waals surface area (Å²) < 4.78 is 13.2. The number of para-hydroxylation sites is 1. The molecule has 0 saturated carbocycles. The third-order valence-electron chi connectivity index (χ3n) is 4.76. The van der Waals surface area contributed by atoms with Crippen LogP contribution in [-0.4, -0.2) is 52.7 Å². The number of nitrogens with one attached hydrogen (secondary N) is 2. The average Bonchev–Trinajstić information content (AvgIpc) is 3.25. The molecular weight excluding hydrogens is 454 g/mol. The number of rotatable bonds is 12. The first-order valence-electron chi connectivity index (χ1n) is 11.0. The van der Waals surface area contributed by atoms with Gasteiger partial charge < -0.3 is 19.4 Å². The molecule has 10 heteroatoms. The molecule has 1 heterocycles. The van der Waals surface area contributed by atoms with Crippen LogP contribution in [0.4, 0.5) is 4.79 Å². The Morgan fingerprint density at radius 3 is 2.59 bits per heavy atom. The highest BCUT2D eigenvalue weighted by Crippen LogP contribution is 2.30. The SMILES string of the molecule is CCCNC(=O)NC(=O)CSc1nnc(COc2ccccc2-c2ccccc2)n1CCOC. The van der Waals surface area contributed by atoms with Crippen LogP contribution >= 0.6 is 11.8 Å². The van der Waals surface area contributed by atoms with E-state index in [9.17, 15) is 9.59 Å². The normalized spacial score (nSPS) is 10.6. The molecule has 9 nitrogen and oxygen atoms in total. The number of urea groups is 1. The predicted octanol–water partition coefficient (Wildman–Crippen LogP) is 3.50. The Labute approximate surface area is 203 Å². The fourth-order valence-corrected chi connectivity index (χ4v) is 3.89. The monoisotopic (exact) mass is 483 g/mol. The second kappa shape index (κ2) is 13.4. The summed E-state index contributed by atoms with van der Waals surface area (Å²) >= 11 is 1.20. The Morgan fingerprint density at radius 2 is 1.82 bits per heavy atom. The maximum absolute atomic E-state index is 12.1. The Balaban J connectivity index is 1.67. The summed E-state index contributed by atoms with van der Waals surface area (Å²) in [6, 6.07) is 17.3. The Morgan fingerprint density at radius 1 is 1.06 bits per heavy atom. The Bertz CT molecular complexity index is 1070. The van der Waals surface area contributed by atoms with Gasteiger partial charge in [0.1, 0.15) is 12.4 Å². The molecule has 3 rings (SSSR count). The zero-order chi connectivity index (χ0) is 24.2. The molecule has 0 aliphatic carbocycles. The van der Waals surface area contributed by atoms with E-state index in [1.54, 1.807) is 7.11 Å². The van der Waals surface area contributed by atoms with E-state index in [2.05, 4.69) is 20.8 Å². The van der Waals surface area contributed by atoms with Gasteiger partial charge in [-0.25, -0.2) is 4.79 Å². The Hall–Kier alpha value is -3.37. The van der Waals surface area contributed by atoms with Gasteiger partial charge in [0.2, 0.25) is 5.91 Å². The third-order valence-corrected chi connectivity index (χ3v) is 5.73. The number of imide groups is 1. The van der Waals surface area contributed by atoms with Crippen molar-refractivity contribution in [1.29, 1.82) is 0 Å². The molecule has 0 spiro atoms. The van der Waals surface area contributed by atoms with Crippen molar-refractivity contribution in [1.82, 2.24) is 25.4 Å². The van der Waals surface area contributed by atoms with Gasteiger partial charge in [0, 0.05) is 25.8 Å². The van der Waals surface area contributed by atoms with Crippen LogP contribution in [0.3, 0.4) is 0 Å². The van der Waals surface area contributed by atoms with Gasteiger partial charge in [0.15, 0.2) is 11.0 Å². The molecule has 0 radical (unpaired) electrons. The molecule has 180 valence electrons. The summed E-state index contributed by atoms with van der Waals surface area (Å²) in [6.45, 7) is 3.60. The zero-order valence-corrected chi connectivity index (χ0v) is 20.1. The van der Waals surface area contributed by atoms with Gasteiger partial charge in [-0.2, -0.15) is 0 Å². The van der Waals surface area contributed by atoms with E-state index in [-0.39, 0.29) is 12.4 Å². The van der Waals surface area contributed by atoms with Crippen LogP contribution in [-0.2, 0) is 22.7 Å². The number of benzene rings is 2. The van der Waals surface area contributed by atoms with Crippen LogP contribution in [0.2, 0.25) is 0 Å². The van der Waals surface area contributed by atoms with E-state index in [0.29, 0.717) is 30.7 Å². The number of thioether (sulfide) groups is 1. The lowest BCUT2D eigenvalue weighted by atomic mass is 10.1. The van der Waals surface area contributed by atoms with Crippen LogP contribution in [0.5, 0.6) is 5.75 Å². The molecule has 0 saturated heterocycles. The van der Waals surface area contributed by atoms with Crippen molar-refractivity contribution >= 4 is 23.7 Å². The van der Waals surface area contributed by atoms with Crippen LogP contribution in [0.15, 0.2) is 59.8 Å². The van der Waals surface area contributed by atoms with Gasteiger partial charge in [0.25, 0.3) is 0 Å². The van der Waals surface area contributed by atoms with Gasteiger partial charge in [-0.15, -0.1) is 10.2 Å². The molecule has 1 aromatic heterocycles. The molecule has 34 heavy (non-hydrogen) atoms. The van der Waals surface area contributed by atoms with Crippen molar-refractivity contribution in [3.8, 4) is 16.9 Å². The second-order valence-corrected chi connectivity index (χ2v) is 8.23. The van der Waals surface area contributed by atoms with Crippen LogP contribution in [0.1, 0.15) is 19.2 Å². The minimum Gasteiger partial charge on any atom is -0.485 e. The first kappa shape index (κ1) is 25.3. The average molecular weight is 484 g/mol. The molecule has 0 aliphatic heterocycles. The quantitative estimate of drug-likeness (QED) is 0.380. The number of aromatic nitrogens is 3. The molecule has 3 aromatic rings. The van der Waals surface area contributed by atoms with Crippen LogP contribution in [0, 0.1) is 0 Å². The van der Waals surface area contributed by atoms with E-state index < -0.39 is 11.9 Å². The van der Waals surface area contributed by atoms with Gasteiger partial charge >= 0.3 is 6.03 Å². The smallest absolute Gasteiger partial charge is 0.321 e. The summed E-state index contributed by atoms with van der Waals surface area (Å²) in [6.07, 6.45) is 0.791. The van der Waals surface area contributed by atoms with Crippen molar-refractivity contribution in [2.75, 3.05) is 26.0 Å². The lowest BCUT2D eigenvalue weighted by Gasteiger charge is -2.13. The predicted molar refractivity (Wildman–Crippen MR) is 131 cm³/mol. The maximum Gasteiger partial charge on any atom is 0.321 e. The number of hydrogen-bond donors (Lipinski definition) is 2. The Kier molecular flexibility index (Phi) is 9.93. The minimum absolute atomic E-state index is 0.0301. The number of methoxy groups -OCH3 is 1. The summed E-state index contributed by atoms with van der Waals surface area (Å²) in [7, 11) is 1.62. The standard InChI is InChI=1S/C24H29N5O4S/c1-3-13-25-23(31)26-22(30)17-34-24-28-27-21(29(24)14-15-32-2)16-33-20-12-8-7-11-19(20)18-9-5-4-6-10-18/h4-12H,3,13-17H2,1-2H3,(H2,25,26,30,31). The first-order valence-corrected chi connectivity index (χ1v) is 12.0. The van der Waals surface area contributed by atoms with Crippen molar-refractivity contribution in [3.63, 3.8) is 0 Å². The van der Waals surface area contributed by atoms with Gasteiger partial charge in [-0.05, 0) is 18.1 Å². The van der Waals surface area contributed by atoms with E-state index in [0.717, 1.165) is 23.3 Å². The molecule has 0 fully saturated rings. The van der Waals surface area contributed by atoms with Gasteiger partial charge in [-0.3, -0.25) is 10.1 Å². The summed E-state index contributed by atoms with van der Waals surface area (Å²) in [4.78, 5) is 23.8. The fraction of sp³-hybridized carbons (Fsp3) is 0.333. The number of amides is 3. The number of nitrogens with zero attached hydrogens (tertiary/aromatic N) is 3. The van der Waals surface area contributed by atoms with Gasteiger partial charge in [0.05, 0.1) is 12.4 Å². The van der Waals surface area contributed by atoms with E-state index >= 15 is 0 Å². The molecule has 2 aromatic carbocycles. The minimum atomic E-state index is -0.500. The molecular formula is C24H29N5O4S. The van der Waals surface area contributed by atoms with Crippen molar-refractivity contribution < 1.29 is 19.1 Å². The van der Waals surface area contributed by atoms with Gasteiger partial charge in [-0.1, -0.05) is 67.2 Å². The third kappa shape index (κ3) is 7.32. The van der Waals surface area contributed by atoms with Crippen molar-refractivity contribution in [2.45, 2.75) is 31.7 Å². The molecule has 2 N–H and O–H groups in total. The summed E-state index contributed by atoms with van der Waals surface area (Å²) in [5.41, 5.74) is 2.04. The number of carbonyl (C=O) groups is 2. The molecule has 0 aliphatic rings. The van der Waals surface area contributed by atoms with E-state index in [4.69, 9.17) is 9.47 Å². The fourth-order valence-electron chi connectivity index (χ4n) is 3.11. The van der Waals surface area contributed by atoms with Crippen molar-refractivity contribution in [3.05, 3.63) is 60.4 Å². The molecule has 0 bridgehead atoms. The number of carbonyl (C=O) groups excluding carboxylic acids is 2. The molecule has 0 unspecified atom stereocenters. The first-order chi connectivity index (χ1) is 16.6. The summed E-state index contributed by atoms with van der Waals surface area (Å²) in [5, 5.41) is 14.0. The van der Waals surface area contributed by atoms with Crippen LogP contribution < -0.4 is 15.4 Å². The number of ether oxygens (including phenoxy) is 2. The van der Waals surface area contributed by atoms with E-state index in [1.165, 1.54) is 11.8 Å². The second-order valence-electron chi connectivity index (χ2n) is 7.29.